The van der Waals surface area contributed by atoms with Crippen LogP contribution in [0.2, 0.25) is 0 Å². The number of nitrogens with zero attached hydrogens (tertiary/aromatic N) is 1. The second kappa shape index (κ2) is 8.08. The summed E-state index contributed by atoms with van der Waals surface area (Å²) in [5.41, 5.74) is 5.46. The Morgan fingerprint density at radius 3 is 1.39 bits per heavy atom. The van der Waals surface area contributed by atoms with Crippen LogP contribution in [0.1, 0.15) is 5.56 Å². The fraction of sp³-hybridized carbons (Fsp3) is 0. The molecule has 0 atom stereocenters. The van der Waals surface area contributed by atoms with Gasteiger partial charge in [-0.15, -0.1) is 0 Å². The van der Waals surface area contributed by atoms with Crippen LogP contribution in [0.5, 0.6) is 0 Å². The van der Waals surface area contributed by atoms with Gasteiger partial charge in [-0.3, -0.25) is 0 Å². The molecule has 0 aliphatic carbocycles. The van der Waals surface area contributed by atoms with Crippen LogP contribution in [0, 0.1) is 11.3 Å². The Morgan fingerprint density at radius 1 is 0.389 bits per heavy atom. The molecule has 0 N–H and O–H groups in total. The molecule has 1 nitrogen and oxygen atoms in total. The van der Waals surface area contributed by atoms with E-state index >= 15 is 0 Å². The molecule has 0 fully saturated rings. The molecular formula is C35H21N. The molecule has 0 heterocycles. The first-order valence-electron chi connectivity index (χ1n) is 12.2. The Hall–Kier alpha value is -4.93. The minimum Gasteiger partial charge on any atom is -0.192 e. The first-order valence-corrected chi connectivity index (χ1v) is 12.2. The van der Waals surface area contributed by atoms with Crippen molar-refractivity contribution in [2.75, 3.05) is 0 Å². The van der Waals surface area contributed by atoms with E-state index in [-0.39, 0.29) is 0 Å². The fourth-order valence-electron chi connectivity index (χ4n) is 5.72. The summed E-state index contributed by atoms with van der Waals surface area (Å²) in [4.78, 5) is 0. The number of rotatable bonds is 2. The van der Waals surface area contributed by atoms with Crippen molar-refractivity contribution in [1.82, 2.24) is 0 Å². The Bertz CT molecular complexity index is 2000. The zero-order valence-corrected chi connectivity index (χ0v) is 19.6. The summed E-state index contributed by atoms with van der Waals surface area (Å²) in [6.45, 7) is 0. The van der Waals surface area contributed by atoms with E-state index in [1.807, 2.05) is 6.07 Å². The van der Waals surface area contributed by atoms with Gasteiger partial charge in [-0.2, -0.15) is 5.26 Å². The molecule has 1 heteroatoms. The van der Waals surface area contributed by atoms with Crippen molar-refractivity contribution in [2.24, 2.45) is 0 Å². The molecule has 36 heavy (non-hydrogen) atoms. The third kappa shape index (κ3) is 3.02. The zero-order valence-electron chi connectivity index (χ0n) is 19.6. The van der Waals surface area contributed by atoms with Crippen LogP contribution >= 0.6 is 0 Å². The molecule has 7 rings (SSSR count). The lowest BCUT2D eigenvalue weighted by Crippen LogP contribution is -1.93. The van der Waals surface area contributed by atoms with Gasteiger partial charge in [0.1, 0.15) is 0 Å². The lowest BCUT2D eigenvalue weighted by Gasteiger charge is -2.20. The van der Waals surface area contributed by atoms with Crippen molar-refractivity contribution in [3.8, 4) is 28.3 Å². The quantitative estimate of drug-likeness (QED) is 0.238. The van der Waals surface area contributed by atoms with E-state index < -0.39 is 0 Å². The summed E-state index contributed by atoms with van der Waals surface area (Å²) in [5.74, 6) is 0. The van der Waals surface area contributed by atoms with E-state index in [1.165, 1.54) is 54.6 Å². The van der Waals surface area contributed by atoms with Gasteiger partial charge in [0.2, 0.25) is 0 Å². The standard InChI is InChI=1S/C35H21N/c36-22-23-19-20-32-33(21-23)35(29-18-8-12-25-10-2-4-14-27(25)29)31-16-6-5-15-30(31)34(32)28-17-7-11-24-9-1-3-13-26(24)28/h1-21H. The Morgan fingerprint density at radius 2 is 0.833 bits per heavy atom. The summed E-state index contributed by atoms with van der Waals surface area (Å²) in [7, 11) is 0. The molecule has 0 aliphatic rings. The second-order valence-corrected chi connectivity index (χ2v) is 9.22. The zero-order chi connectivity index (χ0) is 24.1. The smallest absolute Gasteiger partial charge is 0.0991 e. The van der Waals surface area contributed by atoms with Crippen molar-refractivity contribution < 1.29 is 0 Å². The molecule has 0 aromatic heterocycles. The predicted molar refractivity (Wildman–Crippen MR) is 152 cm³/mol. The van der Waals surface area contributed by atoms with Crippen LogP contribution in [-0.4, -0.2) is 0 Å². The first kappa shape index (κ1) is 20.4. The maximum Gasteiger partial charge on any atom is 0.0991 e. The average Bonchev–Trinajstić information content (AvgIpc) is 2.95. The van der Waals surface area contributed by atoms with E-state index in [1.54, 1.807) is 0 Å². The normalized spacial score (nSPS) is 11.3. The highest BCUT2D eigenvalue weighted by molar-refractivity contribution is 6.25. The van der Waals surface area contributed by atoms with Gasteiger partial charge in [0.15, 0.2) is 0 Å². The van der Waals surface area contributed by atoms with Crippen LogP contribution in [0.15, 0.2) is 127 Å². The largest absolute Gasteiger partial charge is 0.192 e. The highest BCUT2D eigenvalue weighted by Crippen LogP contribution is 2.46. The van der Waals surface area contributed by atoms with Gasteiger partial charge in [-0.1, -0.05) is 115 Å². The van der Waals surface area contributed by atoms with E-state index in [2.05, 4.69) is 127 Å². The van der Waals surface area contributed by atoms with Crippen molar-refractivity contribution in [3.05, 3.63) is 133 Å². The monoisotopic (exact) mass is 455 g/mol. The van der Waals surface area contributed by atoms with Gasteiger partial charge in [0.05, 0.1) is 11.6 Å². The SMILES string of the molecule is N#Cc1ccc2c(-c3cccc4ccccc34)c3ccccc3c(-c3cccc4ccccc34)c2c1. The maximum absolute atomic E-state index is 9.82. The van der Waals surface area contributed by atoms with E-state index in [4.69, 9.17) is 0 Å². The number of benzene rings is 7. The van der Waals surface area contributed by atoms with Crippen LogP contribution in [-0.2, 0) is 0 Å². The molecule has 0 amide bonds. The third-order valence-corrected chi connectivity index (χ3v) is 7.27. The van der Waals surface area contributed by atoms with Crippen LogP contribution in [0.25, 0.3) is 65.3 Å². The van der Waals surface area contributed by atoms with Crippen molar-refractivity contribution in [3.63, 3.8) is 0 Å². The van der Waals surface area contributed by atoms with Crippen LogP contribution in [0.4, 0.5) is 0 Å². The molecule has 0 saturated carbocycles. The van der Waals surface area contributed by atoms with E-state index in [9.17, 15) is 5.26 Å². The number of nitriles is 1. The summed E-state index contributed by atoms with van der Waals surface area (Å²) in [6.07, 6.45) is 0. The fourth-order valence-corrected chi connectivity index (χ4v) is 5.72. The lowest BCUT2D eigenvalue weighted by molar-refractivity contribution is 1.50. The molecule has 7 aromatic carbocycles. The Kier molecular flexibility index (Phi) is 4.59. The topological polar surface area (TPSA) is 23.8 Å². The Labute approximate surface area is 209 Å². The lowest BCUT2D eigenvalue weighted by atomic mass is 9.83. The van der Waals surface area contributed by atoms with Gasteiger partial charge < -0.3 is 0 Å². The molecule has 0 unspecified atom stereocenters. The molecule has 7 aromatic rings. The molecular weight excluding hydrogens is 434 g/mol. The minimum absolute atomic E-state index is 0.670. The molecule has 166 valence electrons. The highest BCUT2D eigenvalue weighted by Gasteiger charge is 2.19. The molecule has 0 aliphatic heterocycles. The highest BCUT2D eigenvalue weighted by atomic mass is 14.3. The van der Waals surface area contributed by atoms with Crippen molar-refractivity contribution in [2.45, 2.75) is 0 Å². The van der Waals surface area contributed by atoms with Gasteiger partial charge in [0.25, 0.3) is 0 Å². The predicted octanol–water partition coefficient (Wildman–Crippen LogP) is 9.51. The van der Waals surface area contributed by atoms with Crippen LogP contribution in [0.3, 0.4) is 0 Å². The van der Waals surface area contributed by atoms with E-state index in [0.29, 0.717) is 5.56 Å². The summed E-state index contributed by atoms with van der Waals surface area (Å²) in [5, 5.41) is 19.4. The van der Waals surface area contributed by atoms with E-state index in [0.717, 1.165) is 10.8 Å². The minimum atomic E-state index is 0.670. The molecule has 0 spiro atoms. The molecule has 0 radical (unpaired) electrons. The number of fused-ring (bicyclic) bond motifs is 4. The summed E-state index contributed by atoms with van der Waals surface area (Å²) < 4.78 is 0. The van der Waals surface area contributed by atoms with Crippen LogP contribution < -0.4 is 0 Å². The summed E-state index contributed by atoms with van der Waals surface area (Å²) in [6, 6.07) is 47.3. The number of hydrogen-bond acceptors (Lipinski definition) is 1. The summed E-state index contributed by atoms with van der Waals surface area (Å²) >= 11 is 0. The number of hydrogen-bond donors (Lipinski definition) is 0. The Balaban J connectivity index is 1.73. The van der Waals surface area contributed by atoms with Crippen molar-refractivity contribution >= 4 is 43.1 Å². The second-order valence-electron chi connectivity index (χ2n) is 9.22. The molecule has 0 saturated heterocycles. The van der Waals surface area contributed by atoms with Gasteiger partial charge in [-0.05, 0) is 77.5 Å². The van der Waals surface area contributed by atoms with Gasteiger partial charge in [0, 0.05) is 0 Å². The molecule has 0 bridgehead atoms. The third-order valence-electron chi connectivity index (χ3n) is 7.27. The van der Waals surface area contributed by atoms with Crippen molar-refractivity contribution in [1.29, 1.82) is 5.26 Å². The average molecular weight is 456 g/mol. The van der Waals surface area contributed by atoms with Gasteiger partial charge >= 0.3 is 0 Å². The first-order chi connectivity index (χ1) is 17.8. The maximum atomic E-state index is 9.82. The van der Waals surface area contributed by atoms with Gasteiger partial charge in [-0.25, -0.2) is 0 Å².